The minimum atomic E-state index is -1.04. The summed E-state index contributed by atoms with van der Waals surface area (Å²) >= 11 is 0. The number of hydrogen-bond acceptors (Lipinski definition) is 4. The molecule has 1 N–H and O–H groups in total. The van der Waals surface area contributed by atoms with Crippen molar-refractivity contribution < 1.29 is 14.4 Å². The summed E-state index contributed by atoms with van der Waals surface area (Å²) in [6.07, 6.45) is 1.72. The topological polar surface area (TPSA) is 76.5 Å². The third kappa shape index (κ3) is 3.38. The Morgan fingerprint density at radius 1 is 1.29 bits per heavy atom. The first kappa shape index (κ1) is 15.0. The second-order valence-electron chi connectivity index (χ2n) is 4.76. The number of benzene rings is 1. The van der Waals surface area contributed by atoms with Crippen molar-refractivity contribution >= 4 is 5.57 Å². The molecule has 0 aliphatic carbocycles. The molecular weight excluding hydrogens is 270 g/mol. The number of rotatable bonds is 7. The van der Waals surface area contributed by atoms with Crippen molar-refractivity contribution in [2.45, 2.75) is 18.4 Å². The van der Waals surface area contributed by atoms with E-state index in [1.54, 1.807) is 24.3 Å². The van der Waals surface area contributed by atoms with Gasteiger partial charge in [0.25, 0.3) is 0 Å². The minimum Gasteiger partial charge on any atom is -0.469 e. The smallest absolute Gasteiger partial charge is 0.247 e. The summed E-state index contributed by atoms with van der Waals surface area (Å²) in [5, 5.41) is 20.8. The summed E-state index contributed by atoms with van der Waals surface area (Å²) in [5.74, 6) is -0.0597. The Kier molecular flexibility index (Phi) is 4.90. The third-order valence-corrected chi connectivity index (χ3v) is 3.46. The van der Waals surface area contributed by atoms with E-state index in [4.69, 9.17) is 4.42 Å². The summed E-state index contributed by atoms with van der Waals surface area (Å²) in [5.41, 5.74) is 1.13. The quantitative estimate of drug-likeness (QED) is 0.627. The lowest BCUT2D eigenvalue weighted by atomic mass is 9.86. The van der Waals surface area contributed by atoms with Crippen LogP contribution in [0.3, 0.4) is 0 Å². The highest BCUT2D eigenvalue weighted by atomic mass is 16.6. The lowest BCUT2D eigenvalue weighted by Gasteiger charge is -2.20. The van der Waals surface area contributed by atoms with Gasteiger partial charge >= 0.3 is 0 Å². The third-order valence-electron chi connectivity index (χ3n) is 3.46. The van der Waals surface area contributed by atoms with Crippen molar-refractivity contribution in [3.8, 4) is 0 Å². The molecule has 2 atom stereocenters. The number of aliphatic hydroxyl groups excluding tert-OH is 1. The van der Waals surface area contributed by atoms with Crippen LogP contribution in [0.4, 0.5) is 0 Å². The predicted octanol–water partition coefficient (Wildman–Crippen LogP) is 3.10. The minimum absolute atomic E-state index is 0.155. The van der Waals surface area contributed by atoms with Gasteiger partial charge in [-0.3, -0.25) is 10.1 Å². The van der Waals surface area contributed by atoms with E-state index in [9.17, 15) is 15.2 Å². The van der Waals surface area contributed by atoms with Crippen LogP contribution in [0, 0.1) is 10.1 Å². The highest BCUT2D eigenvalue weighted by Gasteiger charge is 2.37. The van der Waals surface area contributed by atoms with Gasteiger partial charge in [0, 0.05) is 17.1 Å². The van der Waals surface area contributed by atoms with Crippen molar-refractivity contribution in [2.24, 2.45) is 0 Å². The van der Waals surface area contributed by atoms with Crippen LogP contribution in [-0.4, -0.2) is 22.7 Å². The molecular formula is C16H17NO4. The number of furan rings is 1. The van der Waals surface area contributed by atoms with Crippen molar-refractivity contribution in [1.29, 1.82) is 0 Å². The number of aliphatic hydroxyl groups is 1. The normalized spacial score (nSPS) is 13.6. The zero-order valence-electron chi connectivity index (χ0n) is 11.5. The van der Waals surface area contributed by atoms with E-state index in [2.05, 4.69) is 6.58 Å². The molecule has 2 rings (SSSR count). The van der Waals surface area contributed by atoms with E-state index in [1.807, 2.05) is 18.2 Å². The second kappa shape index (κ2) is 6.85. The van der Waals surface area contributed by atoms with Crippen molar-refractivity contribution in [3.05, 3.63) is 76.7 Å². The fraction of sp³-hybridized carbons (Fsp3) is 0.250. The van der Waals surface area contributed by atoms with Crippen LogP contribution in [0.2, 0.25) is 0 Å². The average molecular weight is 287 g/mol. The molecule has 21 heavy (non-hydrogen) atoms. The first-order valence-electron chi connectivity index (χ1n) is 6.67. The van der Waals surface area contributed by atoms with Crippen LogP contribution in [0.1, 0.15) is 23.7 Å². The number of nitrogens with zero attached hydrogens (tertiary/aromatic N) is 1. The maximum Gasteiger partial charge on any atom is 0.247 e. The van der Waals surface area contributed by atoms with E-state index >= 15 is 0 Å². The van der Waals surface area contributed by atoms with E-state index < -0.39 is 12.0 Å². The summed E-state index contributed by atoms with van der Waals surface area (Å²) in [7, 11) is 0. The van der Waals surface area contributed by atoms with Gasteiger partial charge in [0.15, 0.2) is 0 Å². The van der Waals surface area contributed by atoms with Crippen LogP contribution in [0.5, 0.6) is 0 Å². The van der Waals surface area contributed by atoms with Crippen LogP contribution in [0.15, 0.2) is 59.7 Å². The lowest BCUT2D eigenvalue weighted by Crippen LogP contribution is -2.29. The molecule has 0 spiro atoms. The molecule has 1 aromatic heterocycles. The van der Waals surface area contributed by atoms with Gasteiger partial charge < -0.3 is 9.52 Å². The first-order valence-corrected chi connectivity index (χ1v) is 6.67. The Morgan fingerprint density at radius 3 is 2.52 bits per heavy atom. The number of nitro groups is 1. The molecule has 2 aromatic rings. The van der Waals surface area contributed by atoms with Crippen LogP contribution in [-0.2, 0) is 0 Å². The molecule has 110 valence electrons. The Morgan fingerprint density at radius 2 is 2.00 bits per heavy atom. The summed E-state index contributed by atoms with van der Waals surface area (Å²) in [6, 6.07) is 11.4. The second-order valence-corrected chi connectivity index (χ2v) is 4.76. The molecule has 1 aromatic carbocycles. The van der Waals surface area contributed by atoms with Crippen LogP contribution in [0.25, 0.3) is 5.57 Å². The molecule has 0 radical (unpaired) electrons. The lowest BCUT2D eigenvalue weighted by molar-refractivity contribution is -0.510. The van der Waals surface area contributed by atoms with Gasteiger partial charge in [-0.2, -0.15) is 0 Å². The maximum atomic E-state index is 11.5. The van der Waals surface area contributed by atoms with Gasteiger partial charge in [-0.25, -0.2) is 0 Å². The Labute approximate surface area is 122 Å². The highest BCUT2D eigenvalue weighted by molar-refractivity contribution is 5.67. The molecule has 0 aliphatic heterocycles. The van der Waals surface area contributed by atoms with E-state index in [-0.39, 0.29) is 18.0 Å². The summed E-state index contributed by atoms with van der Waals surface area (Å²) < 4.78 is 5.31. The fourth-order valence-corrected chi connectivity index (χ4v) is 2.44. The molecule has 0 saturated carbocycles. The fourth-order valence-electron chi connectivity index (χ4n) is 2.44. The Hall–Kier alpha value is -2.40. The molecule has 0 amide bonds. The van der Waals surface area contributed by atoms with Gasteiger partial charge in [0.1, 0.15) is 5.76 Å². The Balaban J connectivity index is 2.37. The van der Waals surface area contributed by atoms with Gasteiger partial charge in [-0.15, -0.1) is 0 Å². The largest absolute Gasteiger partial charge is 0.469 e. The molecule has 0 fully saturated rings. The van der Waals surface area contributed by atoms with E-state index in [0.717, 1.165) is 0 Å². The van der Waals surface area contributed by atoms with E-state index in [1.165, 1.54) is 6.26 Å². The van der Waals surface area contributed by atoms with Crippen molar-refractivity contribution in [3.63, 3.8) is 0 Å². The Bertz CT molecular complexity index is 592. The van der Waals surface area contributed by atoms with Gasteiger partial charge in [-0.1, -0.05) is 36.9 Å². The molecule has 1 heterocycles. The van der Waals surface area contributed by atoms with E-state index in [0.29, 0.717) is 16.9 Å². The molecule has 0 saturated heterocycles. The first-order chi connectivity index (χ1) is 10.1. The average Bonchev–Trinajstić information content (AvgIpc) is 3.01. The molecule has 0 unspecified atom stereocenters. The molecule has 0 aliphatic rings. The summed E-state index contributed by atoms with van der Waals surface area (Å²) in [4.78, 5) is 11.2. The summed E-state index contributed by atoms with van der Waals surface area (Å²) in [6.45, 7) is 3.74. The van der Waals surface area contributed by atoms with Gasteiger partial charge in [-0.05, 0) is 24.1 Å². The maximum absolute atomic E-state index is 11.5. The van der Waals surface area contributed by atoms with Gasteiger partial charge in [0.2, 0.25) is 6.04 Å². The van der Waals surface area contributed by atoms with Crippen molar-refractivity contribution in [1.82, 2.24) is 0 Å². The van der Waals surface area contributed by atoms with Crippen LogP contribution >= 0.6 is 0 Å². The molecule has 0 bridgehead atoms. The predicted molar refractivity (Wildman–Crippen MR) is 79.4 cm³/mol. The zero-order valence-corrected chi connectivity index (χ0v) is 11.5. The zero-order chi connectivity index (χ0) is 15.2. The van der Waals surface area contributed by atoms with Gasteiger partial charge in [0.05, 0.1) is 12.2 Å². The highest BCUT2D eigenvalue weighted by Crippen LogP contribution is 2.33. The van der Waals surface area contributed by atoms with Crippen LogP contribution < -0.4 is 0 Å². The van der Waals surface area contributed by atoms with Crippen molar-refractivity contribution in [2.75, 3.05) is 6.61 Å². The standard InChI is InChI=1S/C16H17NO4/c1-12(13-6-3-2-4-7-13)16(17(19)20)14(9-10-18)15-8-5-11-21-15/h2-8,11,14,16,18H,1,9-10H2/t14-,16-/m1/s1. The molecule has 5 nitrogen and oxygen atoms in total. The monoisotopic (exact) mass is 287 g/mol. The molecule has 5 heteroatoms. The number of hydrogen-bond donors (Lipinski definition) is 1. The SMILES string of the molecule is C=C(c1ccccc1)[C@H]([C@H](CCO)c1ccco1)[N+](=O)[O-].